The Labute approximate surface area is 367 Å². The zero-order valence-electron chi connectivity index (χ0n) is 38.7. The molecule has 11 aromatic carbocycles. The van der Waals surface area contributed by atoms with E-state index in [0.717, 1.165) is 0 Å². The van der Waals surface area contributed by atoms with Crippen LogP contribution in [0, 0.1) is 0 Å². The van der Waals surface area contributed by atoms with Crippen molar-refractivity contribution in [3.05, 3.63) is 156 Å². The van der Waals surface area contributed by atoms with Gasteiger partial charge in [-0.05, 0) is 177 Å². The molecule has 0 heteroatoms. The summed E-state index contributed by atoms with van der Waals surface area (Å²) in [7, 11) is 0. The summed E-state index contributed by atoms with van der Waals surface area (Å²) in [6.45, 7) is 28.0. The first-order valence-electron chi connectivity index (χ1n) is 22.7. The minimum absolute atomic E-state index is 0.0506. The molecule has 0 atom stereocenters. The molecule has 0 aromatic heterocycles. The molecule has 0 unspecified atom stereocenters. The van der Waals surface area contributed by atoms with Gasteiger partial charge in [-0.2, -0.15) is 0 Å². The Morgan fingerprint density at radius 3 is 0.774 bits per heavy atom. The topological polar surface area (TPSA) is 0 Å². The van der Waals surface area contributed by atoms with E-state index in [1.165, 1.54) is 131 Å². The summed E-state index contributed by atoms with van der Waals surface area (Å²) in [6.07, 6.45) is 0. The van der Waals surface area contributed by atoms with Gasteiger partial charge in [0.15, 0.2) is 0 Å². The second kappa shape index (κ2) is 12.8. The Hall–Kier alpha value is -5.98. The Morgan fingerprint density at radius 1 is 0.210 bits per heavy atom. The average molecular weight is 803 g/mol. The van der Waals surface area contributed by atoms with Crippen LogP contribution >= 0.6 is 0 Å². The van der Waals surface area contributed by atoms with Crippen molar-refractivity contribution in [1.29, 1.82) is 0 Å². The Balaban J connectivity index is 1.19. The second-order valence-corrected chi connectivity index (χ2v) is 22.7. The second-order valence-electron chi connectivity index (χ2n) is 22.7. The van der Waals surface area contributed by atoms with Crippen LogP contribution in [0.15, 0.2) is 133 Å². The fourth-order valence-electron chi connectivity index (χ4n) is 10.5. The van der Waals surface area contributed by atoms with E-state index in [1.54, 1.807) is 0 Å². The quantitative estimate of drug-likeness (QED) is 0.153. The minimum Gasteiger partial charge on any atom is -0.0610 e. The summed E-state index contributed by atoms with van der Waals surface area (Å²) in [4.78, 5) is 0. The van der Waals surface area contributed by atoms with Crippen molar-refractivity contribution in [3.8, 4) is 22.3 Å². The molecule has 0 saturated carbocycles. The van der Waals surface area contributed by atoms with Gasteiger partial charge >= 0.3 is 0 Å². The van der Waals surface area contributed by atoms with E-state index in [0.29, 0.717) is 0 Å². The first kappa shape index (κ1) is 38.9. The SMILES string of the molecule is CC(C)(C)c1cc(-c2ccc3c(c2)c2cc4c5cc6c7cc(-c8cc(C(C)(C)C)cc(C(C)(C)C)c8)ccc7c7cccc(c5ccc4c4cccc3c42)c76)cc(C(C)(C)C)c1. The van der Waals surface area contributed by atoms with Gasteiger partial charge in [0.2, 0.25) is 0 Å². The molecule has 0 N–H and O–H groups in total. The molecule has 0 radical (unpaired) electrons. The van der Waals surface area contributed by atoms with Crippen LogP contribution in [-0.4, -0.2) is 0 Å². The zero-order valence-corrected chi connectivity index (χ0v) is 38.7. The van der Waals surface area contributed by atoms with Crippen LogP contribution in [-0.2, 0) is 21.7 Å². The summed E-state index contributed by atoms with van der Waals surface area (Å²) >= 11 is 0. The third-order valence-corrected chi connectivity index (χ3v) is 14.3. The van der Waals surface area contributed by atoms with E-state index in [4.69, 9.17) is 0 Å². The summed E-state index contributed by atoms with van der Waals surface area (Å²) in [5, 5.41) is 21.4. The fourth-order valence-corrected chi connectivity index (χ4v) is 10.5. The lowest BCUT2D eigenvalue weighted by atomic mass is 9.79. The molecule has 0 amide bonds. The molecule has 62 heavy (non-hydrogen) atoms. The summed E-state index contributed by atoms with van der Waals surface area (Å²) in [5.74, 6) is 0. The molecule has 11 rings (SSSR count). The minimum atomic E-state index is 0.0506. The van der Waals surface area contributed by atoms with Crippen molar-refractivity contribution in [2.45, 2.75) is 105 Å². The van der Waals surface area contributed by atoms with Gasteiger partial charge in [0.25, 0.3) is 0 Å². The highest BCUT2D eigenvalue weighted by atomic mass is 14.3. The Bertz CT molecular complexity index is 3330. The van der Waals surface area contributed by atoms with Gasteiger partial charge in [0.1, 0.15) is 0 Å². The molecule has 11 aromatic rings. The molecule has 0 aliphatic carbocycles. The van der Waals surface area contributed by atoms with E-state index in [2.05, 4.69) is 217 Å². The van der Waals surface area contributed by atoms with Crippen LogP contribution < -0.4 is 0 Å². The number of hydrogen-bond acceptors (Lipinski definition) is 0. The standard InChI is InChI=1S/C62H58/c1-59(2,3)39-25-37(26-40(31-39)60(4,5)6)35-19-21-43-47-15-13-17-49-45-23-24-46-50-18-14-16-48-44-22-20-36(38-27-41(61(7,8)9)32-42(28-38)62(10,11)12)30-52(44)56(58(48)50)34-54(46)53(45)33-55(57(47)49)51(43)29-35/h13-34H,1-12H3. The predicted octanol–water partition coefficient (Wildman–Crippen LogP) is 18.3. The lowest BCUT2D eigenvalue weighted by Gasteiger charge is -2.26. The van der Waals surface area contributed by atoms with E-state index in [-0.39, 0.29) is 21.7 Å². The van der Waals surface area contributed by atoms with Crippen molar-refractivity contribution in [1.82, 2.24) is 0 Å². The summed E-state index contributed by atoms with van der Waals surface area (Å²) in [5.41, 5.74) is 10.9. The molecule has 306 valence electrons. The normalized spacial score (nSPS) is 13.5. The smallest absolute Gasteiger partial charge is 0.00199 e. The molecular formula is C62H58. The molecule has 0 aliphatic rings. The maximum absolute atomic E-state index is 2.53. The summed E-state index contributed by atoms with van der Waals surface area (Å²) < 4.78 is 0. The molecule has 0 saturated heterocycles. The van der Waals surface area contributed by atoms with Crippen LogP contribution in [0.2, 0.25) is 0 Å². The monoisotopic (exact) mass is 802 g/mol. The molecule has 0 spiro atoms. The first-order valence-corrected chi connectivity index (χ1v) is 22.7. The van der Waals surface area contributed by atoms with E-state index >= 15 is 0 Å². The van der Waals surface area contributed by atoms with Gasteiger partial charge in [-0.1, -0.05) is 192 Å². The molecule has 0 nitrogen and oxygen atoms in total. The number of benzene rings is 9. The highest BCUT2D eigenvalue weighted by molar-refractivity contribution is 6.40. The fraction of sp³-hybridized carbons (Fsp3) is 0.258. The lowest BCUT2D eigenvalue weighted by Crippen LogP contribution is -2.16. The Morgan fingerprint density at radius 2 is 0.484 bits per heavy atom. The molecular weight excluding hydrogens is 745 g/mol. The highest BCUT2D eigenvalue weighted by Gasteiger charge is 2.25. The largest absolute Gasteiger partial charge is 0.0610 e. The van der Waals surface area contributed by atoms with Crippen LogP contribution in [0.1, 0.15) is 105 Å². The molecule has 0 heterocycles. The molecule has 0 fully saturated rings. The lowest BCUT2D eigenvalue weighted by molar-refractivity contribution is 0.568. The van der Waals surface area contributed by atoms with Crippen LogP contribution in [0.4, 0.5) is 0 Å². The summed E-state index contributed by atoms with van der Waals surface area (Å²) in [6, 6.07) is 52.7. The van der Waals surface area contributed by atoms with E-state index < -0.39 is 0 Å². The highest BCUT2D eigenvalue weighted by Crippen LogP contribution is 2.48. The van der Waals surface area contributed by atoms with Crippen molar-refractivity contribution in [3.63, 3.8) is 0 Å². The van der Waals surface area contributed by atoms with Gasteiger partial charge < -0.3 is 0 Å². The van der Waals surface area contributed by atoms with Crippen molar-refractivity contribution in [2.75, 3.05) is 0 Å². The number of hydrogen-bond donors (Lipinski definition) is 0. The zero-order chi connectivity index (χ0) is 43.4. The maximum atomic E-state index is 2.53. The van der Waals surface area contributed by atoms with Crippen LogP contribution in [0.5, 0.6) is 0 Å². The number of fused-ring (bicyclic) bond motifs is 11. The third kappa shape index (κ3) is 5.86. The van der Waals surface area contributed by atoms with Crippen molar-refractivity contribution < 1.29 is 0 Å². The van der Waals surface area contributed by atoms with Crippen molar-refractivity contribution >= 4 is 86.2 Å². The van der Waals surface area contributed by atoms with Gasteiger partial charge in [-0.3, -0.25) is 0 Å². The number of rotatable bonds is 2. The first-order chi connectivity index (χ1) is 29.2. The van der Waals surface area contributed by atoms with E-state index in [1.807, 2.05) is 0 Å². The molecule has 0 bridgehead atoms. The Kier molecular flexibility index (Phi) is 8.03. The van der Waals surface area contributed by atoms with Crippen LogP contribution in [0.25, 0.3) is 108 Å². The maximum Gasteiger partial charge on any atom is -0.00199 e. The van der Waals surface area contributed by atoms with Crippen molar-refractivity contribution in [2.24, 2.45) is 0 Å². The average Bonchev–Trinajstić information content (AvgIpc) is 3.72. The van der Waals surface area contributed by atoms with E-state index in [9.17, 15) is 0 Å². The van der Waals surface area contributed by atoms with Gasteiger partial charge in [-0.15, -0.1) is 0 Å². The third-order valence-electron chi connectivity index (χ3n) is 14.3. The van der Waals surface area contributed by atoms with Crippen LogP contribution in [0.3, 0.4) is 0 Å². The van der Waals surface area contributed by atoms with Gasteiger partial charge in [0.05, 0.1) is 0 Å². The van der Waals surface area contributed by atoms with Gasteiger partial charge in [-0.25, -0.2) is 0 Å². The molecule has 0 aliphatic heterocycles. The predicted molar refractivity (Wildman–Crippen MR) is 275 cm³/mol. The van der Waals surface area contributed by atoms with Gasteiger partial charge in [0, 0.05) is 0 Å².